The van der Waals surface area contributed by atoms with Gasteiger partial charge in [0.05, 0.1) is 0 Å². The fourth-order valence-corrected chi connectivity index (χ4v) is 6.30. The fourth-order valence-electron chi connectivity index (χ4n) is 5.24. The second-order valence-corrected chi connectivity index (χ2v) is 14.3. The lowest BCUT2D eigenvalue weighted by Crippen LogP contribution is -2.40. The Bertz CT molecular complexity index is 1260. The highest BCUT2D eigenvalue weighted by Crippen LogP contribution is 2.44. The van der Waals surface area contributed by atoms with E-state index in [2.05, 4.69) is 191 Å². The zero-order valence-corrected chi connectivity index (χ0v) is 28.9. The zero-order valence-electron chi connectivity index (χ0n) is 25.7. The molecule has 0 aliphatic heterocycles. The highest BCUT2D eigenvalue weighted by atomic mass is 79.9. The van der Waals surface area contributed by atoms with Gasteiger partial charge in [-0.25, -0.2) is 0 Å². The summed E-state index contributed by atoms with van der Waals surface area (Å²) in [7, 11) is 0. The van der Waals surface area contributed by atoms with Crippen LogP contribution in [-0.2, 0) is 10.8 Å². The fraction of sp³-hybridized carbons (Fsp3) is 0.368. The Balaban J connectivity index is 0.000000220. The first-order chi connectivity index (χ1) is 18.8. The molecule has 212 valence electrons. The number of aryl methyl sites for hydroxylation is 2. The molecule has 0 saturated carbocycles. The minimum Gasteiger partial charge on any atom is -0.0625 e. The van der Waals surface area contributed by atoms with Gasteiger partial charge in [0, 0.05) is 14.9 Å². The molecule has 0 radical (unpaired) electrons. The summed E-state index contributed by atoms with van der Waals surface area (Å²) in [6.07, 6.45) is 0. The van der Waals surface area contributed by atoms with E-state index in [0.29, 0.717) is 17.8 Å². The predicted octanol–water partition coefficient (Wildman–Crippen LogP) is 12.2. The van der Waals surface area contributed by atoms with Crippen molar-refractivity contribution in [2.24, 2.45) is 11.8 Å². The average Bonchev–Trinajstić information content (AvgIpc) is 2.91. The molecule has 0 aliphatic carbocycles. The van der Waals surface area contributed by atoms with E-state index >= 15 is 0 Å². The van der Waals surface area contributed by atoms with Gasteiger partial charge >= 0.3 is 0 Å². The van der Waals surface area contributed by atoms with Gasteiger partial charge in [0.1, 0.15) is 0 Å². The van der Waals surface area contributed by atoms with Crippen LogP contribution < -0.4 is 0 Å². The summed E-state index contributed by atoms with van der Waals surface area (Å²) in [5.41, 5.74) is 8.31. The van der Waals surface area contributed by atoms with Crippen molar-refractivity contribution < 1.29 is 0 Å². The lowest BCUT2D eigenvalue weighted by atomic mass is 9.61. The maximum absolute atomic E-state index is 3.72. The molecule has 4 rings (SSSR count). The number of rotatable bonds is 7. The molecule has 0 heterocycles. The third-order valence-electron chi connectivity index (χ3n) is 9.17. The van der Waals surface area contributed by atoms with E-state index < -0.39 is 0 Å². The van der Waals surface area contributed by atoms with Crippen molar-refractivity contribution in [2.45, 2.75) is 79.1 Å². The monoisotopic (exact) mass is 660 g/mol. The molecule has 0 nitrogen and oxygen atoms in total. The molecule has 0 spiro atoms. The lowest BCUT2D eigenvalue weighted by Gasteiger charge is -2.43. The Morgan fingerprint density at radius 3 is 1.12 bits per heavy atom. The van der Waals surface area contributed by atoms with Crippen molar-refractivity contribution in [1.29, 1.82) is 0 Å². The van der Waals surface area contributed by atoms with Crippen LogP contribution in [-0.4, -0.2) is 0 Å². The lowest BCUT2D eigenvalue weighted by molar-refractivity contribution is 0.303. The molecule has 0 saturated heterocycles. The smallest absolute Gasteiger partial charge is 0.0213 e. The van der Waals surface area contributed by atoms with E-state index in [-0.39, 0.29) is 10.8 Å². The summed E-state index contributed by atoms with van der Waals surface area (Å²) in [5, 5.41) is 0. The van der Waals surface area contributed by atoms with Crippen LogP contribution in [0.1, 0.15) is 87.8 Å². The van der Waals surface area contributed by atoms with Crippen molar-refractivity contribution in [1.82, 2.24) is 0 Å². The molecule has 1 atom stereocenters. The van der Waals surface area contributed by atoms with Gasteiger partial charge in [0.2, 0.25) is 0 Å². The molecule has 1 unspecified atom stereocenters. The van der Waals surface area contributed by atoms with E-state index in [1.54, 1.807) is 0 Å². The van der Waals surface area contributed by atoms with Gasteiger partial charge in [-0.1, -0.05) is 176 Å². The van der Waals surface area contributed by atoms with Crippen molar-refractivity contribution in [2.75, 3.05) is 0 Å². The first kappa shape index (κ1) is 32.4. The van der Waals surface area contributed by atoms with Crippen molar-refractivity contribution >= 4 is 31.9 Å². The molecular weight excluding hydrogens is 616 g/mol. The highest BCUT2D eigenvalue weighted by Gasteiger charge is 2.39. The average molecular weight is 663 g/mol. The summed E-state index contributed by atoms with van der Waals surface area (Å²) in [5.74, 6) is 1.58. The summed E-state index contributed by atoms with van der Waals surface area (Å²) in [6, 6.07) is 35.0. The van der Waals surface area contributed by atoms with Crippen LogP contribution in [0.4, 0.5) is 0 Å². The van der Waals surface area contributed by atoms with E-state index in [1.807, 2.05) is 0 Å². The van der Waals surface area contributed by atoms with Gasteiger partial charge in [-0.2, -0.15) is 0 Å². The Kier molecular flexibility index (Phi) is 11.1. The second-order valence-electron chi connectivity index (χ2n) is 12.6. The summed E-state index contributed by atoms with van der Waals surface area (Å²) in [4.78, 5) is 0. The van der Waals surface area contributed by atoms with Crippen molar-refractivity contribution in [3.05, 3.63) is 139 Å². The number of halogens is 2. The normalized spacial score (nSPS) is 12.7. The Hall–Kier alpha value is -2.16. The number of hydrogen-bond donors (Lipinski definition) is 0. The third kappa shape index (κ3) is 7.37. The molecule has 0 aliphatic rings. The third-order valence-corrected chi connectivity index (χ3v) is 10.6. The first-order valence-electron chi connectivity index (χ1n) is 14.4. The SMILES string of the molecule is CC(C)C(C)C(c1ccccc1Br)c1ccccc1Br.Cc1ccc(C(C)(C)C(C)(C)c2ccc(C)cc2)cc1. The molecule has 0 fully saturated rings. The van der Waals surface area contributed by atoms with E-state index in [0.717, 1.165) is 0 Å². The molecule has 40 heavy (non-hydrogen) atoms. The molecule has 4 aromatic carbocycles. The highest BCUT2D eigenvalue weighted by molar-refractivity contribution is 9.10. The molecule has 4 aromatic rings. The zero-order chi connectivity index (χ0) is 29.7. The Morgan fingerprint density at radius 2 is 0.825 bits per heavy atom. The van der Waals surface area contributed by atoms with Crippen LogP contribution in [0.3, 0.4) is 0 Å². The van der Waals surface area contributed by atoms with E-state index in [1.165, 1.54) is 42.3 Å². The minimum absolute atomic E-state index is 0.0793. The van der Waals surface area contributed by atoms with Crippen LogP contribution >= 0.6 is 31.9 Å². The quantitative estimate of drug-likeness (QED) is 0.185. The molecule has 0 aromatic heterocycles. The van der Waals surface area contributed by atoms with Gasteiger partial charge in [0.15, 0.2) is 0 Å². The maximum atomic E-state index is 3.72. The minimum atomic E-state index is 0.0793. The van der Waals surface area contributed by atoms with Gasteiger partial charge in [-0.15, -0.1) is 0 Å². The molecule has 2 heteroatoms. The van der Waals surface area contributed by atoms with Crippen LogP contribution in [0.15, 0.2) is 106 Å². The van der Waals surface area contributed by atoms with Crippen LogP contribution in [0.5, 0.6) is 0 Å². The molecule has 0 bridgehead atoms. The van der Waals surface area contributed by atoms with E-state index in [9.17, 15) is 0 Å². The van der Waals surface area contributed by atoms with E-state index in [4.69, 9.17) is 0 Å². The standard InChI is InChI=1S/C20H26.C18H20Br2/c1-15-7-11-17(12-8-15)19(3,4)20(5,6)18-13-9-16(2)10-14-18;1-12(2)13(3)18(14-8-4-6-10-16(14)19)15-9-5-7-11-17(15)20/h7-14H,1-6H3;4-13,18H,1-3H3. The van der Waals surface area contributed by atoms with Crippen LogP contribution in [0.2, 0.25) is 0 Å². The Labute approximate surface area is 260 Å². The second kappa shape index (κ2) is 13.7. The van der Waals surface area contributed by atoms with Crippen LogP contribution in [0.25, 0.3) is 0 Å². The topological polar surface area (TPSA) is 0 Å². The van der Waals surface area contributed by atoms with Crippen molar-refractivity contribution in [3.63, 3.8) is 0 Å². The number of benzene rings is 4. The van der Waals surface area contributed by atoms with Gasteiger partial charge in [-0.3, -0.25) is 0 Å². The van der Waals surface area contributed by atoms with Crippen molar-refractivity contribution in [3.8, 4) is 0 Å². The summed E-state index contributed by atoms with van der Waals surface area (Å²) < 4.78 is 2.38. The largest absolute Gasteiger partial charge is 0.0625 e. The summed E-state index contributed by atoms with van der Waals surface area (Å²) >= 11 is 7.44. The molecule has 0 amide bonds. The predicted molar refractivity (Wildman–Crippen MR) is 183 cm³/mol. The molecule has 0 N–H and O–H groups in total. The maximum Gasteiger partial charge on any atom is 0.0213 e. The first-order valence-corrected chi connectivity index (χ1v) is 16.0. The molecular formula is C38H46Br2. The number of hydrogen-bond acceptors (Lipinski definition) is 0. The summed E-state index contributed by atoms with van der Waals surface area (Å²) in [6.45, 7) is 20.6. The van der Waals surface area contributed by atoms with Crippen LogP contribution in [0, 0.1) is 25.7 Å². The Morgan fingerprint density at radius 1 is 0.500 bits per heavy atom. The van der Waals surface area contributed by atoms with Gasteiger partial charge in [0.25, 0.3) is 0 Å². The van der Waals surface area contributed by atoms with Gasteiger partial charge in [-0.05, 0) is 70.9 Å². The van der Waals surface area contributed by atoms with Gasteiger partial charge < -0.3 is 0 Å².